The molecule has 5 nitrogen and oxygen atoms in total. The van der Waals surface area contributed by atoms with E-state index in [4.69, 9.17) is 14.6 Å². The maximum absolute atomic E-state index is 9.66. The Balaban J connectivity index is 2.03. The first-order chi connectivity index (χ1) is 9.22. The first kappa shape index (κ1) is 15.9. The molecule has 0 radical (unpaired) electrons. The fraction of sp³-hybridized carbons (Fsp3) is 0.571. The molecule has 1 atom stereocenters. The summed E-state index contributed by atoms with van der Waals surface area (Å²) in [5, 5.41) is 21.9. The number of benzene rings is 1. The molecule has 0 bridgehead atoms. The molecule has 1 rings (SSSR count). The molecule has 0 aliphatic carbocycles. The Labute approximate surface area is 114 Å². The predicted molar refractivity (Wildman–Crippen MR) is 73.1 cm³/mol. The Morgan fingerprint density at radius 1 is 1.16 bits per heavy atom. The van der Waals surface area contributed by atoms with E-state index in [0.29, 0.717) is 39.5 Å². The molecule has 3 N–H and O–H groups in total. The van der Waals surface area contributed by atoms with Gasteiger partial charge in [-0.05, 0) is 24.6 Å². The van der Waals surface area contributed by atoms with Crippen molar-refractivity contribution in [2.75, 3.05) is 33.0 Å². The van der Waals surface area contributed by atoms with Gasteiger partial charge < -0.3 is 25.0 Å². The lowest BCUT2D eigenvalue weighted by Crippen LogP contribution is -2.30. The van der Waals surface area contributed by atoms with Crippen LogP contribution in [0.3, 0.4) is 0 Å². The zero-order chi connectivity index (χ0) is 13.9. The van der Waals surface area contributed by atoms with Crippen LogP contribution in [-0.2, 0) is 16.0 Å². The maximum Gasteiger partial charge on any atom is 0.115 e. The number of aromatic hydroxyl groups is 1. The smallest absolute Gasteiger partial charge is 0.115 e. The lowest BCUT2D eigenvalue weighted by molar-refractivity contribution is 0.00642. The third-order valence-electron chi connectivity index (χ3n) is 2.53. The SMILES string of the molecule is CCOCCOCC(O)CNCc1ccc(O)cc1. The van der Waals surface area contributed by atoms with Crippen LogP contribution < -0.4 is 5.32 Å². The maximum atomic E-state index is 9.66. The van der Waals surface area contributed by atoms with Crippen molar-refractivity contribution < 1.29 is 19.7 Å². The van der Waals surface area contributed by atoms with Gasteiger partial charge in [0.15, 0.2) is 0 Å². The molecule has 0 aliphatic heterocycles. The van der Waals surface area contributed by atoms with Crippen molar-refractivity contribution in [1.29, 1.82) is 0 Å². The van der Waals surface area contributed by atoms with Crippen LogP contribution >= 0.6 is 0 Å². The second-order valence-electron chi connectivity index (χ2n) is 4.22. The van der Waals surface area contributed by atoms with Crippen molar-refractivity contribution >= 4 is 0 Å². The number of rotatable bonds is 10. The molecule has 0 aromatic heterocycles. The summed E-state index contributed by atoms with van der Waals surface area (Å²) >= 11 is 0. The van der Waals surface area contributed by atoms with Crippen LogP contribution in [0.5, 0.6) is 5.75 Å². The average molecular weight is 269 g/mol. The van der Waals surface area contributed by atoms with Gasteiger partial charge >= 0.3 is 0 Å². The Morgan fingerprint density at radius 3 is 2.53 bits per heavy atom. The summed E-state index contributed by atoms with van der Waals surface area (Å²) in [6, 6.07) is 6.97. The molecule has 108 valence electrons. The van der Waals surface area contributed by atoms with E-state index >= 15 is 0 Å². The Morgan fingerprint density at radius 2 is 1.84 bits per heavy atom. The highest BCUT2D eigenvalue weighted by Gasteiger charge is 2.03. The first-order valence-corrected chi connectivity index (χ1v) is 6.54. The van der Waals surface area contributed by atoms with E-state index in [0.717, 1.165) is 5.56 Å². The lowest BCUT2D eigenvalue weighted by atomic mass is 10.2. The van der Waals surface area contributed by atoms with Crippen LogP contribution in [-0.4, -0.2) is 49.3 Å². The normalized spacial score (nSPS) is 12.5. The lowest BCUT2D eigenvalue weighted by Gasteiger charge is -2.12. The molecule has 0 saturated heterocycles. The molecule has 1 unspecified atom stereocenters. The topological polar surface area (TPSA) is 71.0 Å². The summed E-state index contributed by atoms with van der Waals surface area (Å²) in [6.07, 6.45) is -0.529. The summed E-state index contributed by atoms with van der Waals surface area (Å²) < 4.78 is 10.4. The van der Waals surface area contributed by atoms with E-state index in [2.05, 4.69) is 5.32 Å². The molecule has 0 aliphatic rings. The fourth-order valence-electron chi connectivity index (χ4n) is 1.54. The zero-order valence-electron chi connectivity index (χ0n) is 11.3. The molecule has 0 spiro atoms. The van der Waals surface area contributed by atoms with Crippen LogP contribution in [0.4, 0.5) is 0 Å². The van der Waals surface area contributed by atoms with Crippen molar-refractivity contribution in [2.45, 2.75) is 19.6 Å². The molecule has 0 fully saturated rings. The highest BCUT2D eigenvalue weighted by Crippen LogP contribution is 2.08. The molecule has 19 heavy (non-hydrogen) atoms. The Hall–Kier alpha value is -1.14. The molecule has 0 saturated carbocycles. The fourth-order valence-corrected chi connectivity index (χ4v) is 1.54. The monoisotopic (exact) mass is 269 g/mol. The third-order valence-corrected chi connectivity index (χ3v) is 2.53. The second-order valence-corrected chi connectivity index (χ2v) is 4.22. The number of nitrogens with one attached hydrogen (secondary N) is 1. The number of ether oxygens (including phenoxy) is 2. The number of hydrogen-bond acceptors (Lipinski definition) is 5. The minimum absolute atomic E-state index is 0.256. The number of hydrogen-bond donors (Lipinski definition) is 3. The van der Waals surface area contributed by atoms with Gasteiger partial charge in [-0.15, -0.1) is 0 Å². The van der Waals surface area contributed by atoms with E-state index in [-0.39, 0.29) is 5.75 Å². The van der Waals surface area contributed by atoms with Crippen LogP contribution in [0.2, 0.25) is 0 Å². The summed E-state index contributed by atoms with van der Waals surface area (Å²) in [6.45, 7) is 5.09. The molecule has 5 heteroatoms. The minimum Gasteiger partial charge on any atom is -0.508 e. The van der Waals surface area contributed by atoms with Gasteiger partial charge in [-0.2, -0.15) is 0 Å². The van der Waals surface area contributed by atoms with Crippen molar-refractivity contribution in [3.63, 3.8) is 0 Å². The predicted octanol–water partition coefficient (Wildman–Crippen LogP) is 0.896. The van der Waals surface area contributed by atoms with Crippen LogP contribution in [0.1, 0.15) is 12.5 Å². The first-order valence-electron chi connectivity index (χ1n) is 6.54. The van der Waals surface area contributed by atoms with E-state index in [9.17, 15) is 5.11 Å². The highest BCUT2D eigenvalue weighted by molar-refractivity contribution is 5.25. The number of aliphatic hydroxyl groups excluding tert-OH is 1. The largest absolute Gasteiger partial charge is 0.508 e. The molecule has 0 amide bonds. The van der Waals surface area contributed by atoms with Crippen LogP contribution in [0, 0.1) is 0 Å². The van der Waals surface area contributed by atoms with Crippen LogP contribution in [0.25, 0.3) is 0 Å². The van der Waals surface area contributed by atoms with Crippen molar-refractivity contribution in [2.24, 2.45) is 0 Å². The second kappa shape index (κ2) is 9.75. The van der Waals surface area contributed by atoms with Crippen LogP contribution in [0.15, 0.2) is 24.3 Å². The van der Waals surface area contributed by atoms with E-state index in [1.165, 1.54) is 0 Å². The summed E-state index contributed by atoms with van der Waals surface area (Å²) in [4.78, 5) is 0. The quantitative estimate of drug-likeness (QED) is 0.550. The Bertz CT molecular complexity index is 329. The van der Waals surface area contributed by atoms with E-state index < -0.39 is 6.10 Å². The average Bonchev–Trinajstić information content (AvgIpc) is 2.41. The molecule has 1 aromatic rings. The van der Waals surface area contributed by atoms with Crippen molar-refractivity contribution in [3.05, 3.63) is 29.8 Å². The minimum atomic E-state index is -0.529. The van der Waals surface area contributed by atoms with Gasteiger partial charge in [0.25, 0.3) is 0 Å². The Kier molecular flexibility index (Phi) is 8.16. The van der Waals surface area contributed by atoms with Crippen molar-refractivity contribution in [1.82, 2.24) is 5.32 Å². The molecule has 0 heterocycles. The summed E-state index contributed by atoms with van der Waals surface area (Å²) in [5.41, 5.74) is 1.06. The van der Waals surface area contributed by atoms with Crippen molar-refractivity contribution in [3.8, 4) is 5.75 Å². The van der Waals surface area contributed by atoms with Gasteiger partial charge in [-0.1, -0.05) is 12.1 Å². The van der Waals surface area contributed by atoms with Gasteiger partial charge in [-0.25, -0.2) is 0 Å². The summed E-state index contributed by atoms with van der Waals surface area (Å²) in [7, 11) is 0. The van der Waals surface area contributed by atoms with Gasteiger partial charge in [0.05, 0.1) is 25.9 Å². The summed E-state index contributed by atoms with van der Waals surface area (Å²) in [5.74, 6) is 0.256. The van der Waals surface area contributed by atoms with E-state index in [1.807, 2.05) is 19.1 Å². The highest BCUT2D eigenvalue weighted by atomic mass is 16.5. The van der Waals surface area contributed by atoms with Gasteiger partial charge in [0.1, 0.15) is 5.75 Å². The van der Waals surface area contributed by atoms with E-state index in [1.54, 1.807) is 12.1 Å². The molecular formula is C14H23NO4. The van der Waals surface area contributed by atoms with Gasteiger partial charge in [0, 0.05) is 19.7 Å². The standard InChI is InChI=1S/C14H23NO4/c1-2-18-7-8-19-11-14(17)10-15-9-12-3-5-13(16)6-4-12/h3-6,14-17H,2,7-11H2,1H3. The van der Waals surface area contributed by atoms with Gasteiger partial charge in [0.2, 0.25) is 0 Å². The molecule has 1 aromatic carbocycles. The van der Waals surface area contributed by atoms with Gasteiger partial charge in [-0.3, -0.25) is 0 Å². The number of aliphatic hydroxyl groups is 1. The third kappa shape index (κ3) is 7.79. The molecular weight excluding hydrogens is 246 g/mol. The number of phenols is 1. The number of phenolic OH excluding ortho intramolecular Hbond substituents is 1. The zero-order valence-corrected chi connectivity index (χ0v) is 11.3.